The summed E-state index contributed by atoms with van der Waals surface area (Å²) >= 11 is 0. The number of anilines is 1. The first-order valence-corrected chi connectivity index (χ1v) is 10.9. The summed E-state index contributed by atoms with van der Waals surface area (Å²) in [5.41, 5.74) is 2.19. The van der Waals surface area contributed by atoms with Crippen LogP contribution in [0.5, 0.6) is 5.75 Å². The van der Waals surface area contributed by atoms with E-state index in [-0.39, 0.29) is 23.5 Å². The second-order valence-corrected chi connectivity index (χ2v) is 8.59. The summed E-state index contributed by atoms with van der Waals surface area (Å²) in [5.74, 6) is 0.652. The fourth-order valence-electron chi connectivity index (χ4n) is 4.94. The summed E-state index contributed by atoms with van der Waals surface area (Å²) in [5, 5.41) is 0. The number of hydrogen-bond acceptors (Lipinski definition) is 3. The summed E-state index contributed by atoms with van der Waals surface area (Å²) < 4.78 is 19.4. The zero-order valence-electron chi connectivity index (χ0n) is 17.7. The molecule has 4 nitrogen and oxygen atoms in total. The van der Waals surface area contributed by atoms with Crippen molar-refractivity contribution in [2.75, 3.05) is 4.90 Å². The van der Waals surface area contributed by atoms with Crippen molar-refractivity contribution < 1.29 is 18.7 Å². The second-order valence-electron chi connectivity index (χ2n) is 8.59. The van der Waals surface area contributed by atoms with Crippen molar-refractivity contribution in [1.82, 2.24) is 0 Å². The van der Waals surface area contributed by atoms with Gasteiger partial charge in [-0.15, -0.1) is 0 Å². The van der Waals surface area contributed by atoms with Crippen molar-refractivity contribution in [3.63, 3.8) is 0 Å². The van der Waals surface area contributed by atoms with Crippen LogP contribution in [0.2, 0.25) is 0 Å². The Balaban J connectivity index is 1.41. The highest BCUT2D eigenvalue weighted by atomic mass is 19.1. The lowest BCUT2D eigenvalue weighted by Gasteiger charge is -2.57. The van der Waals surface area contributed by atoms with Gasteiger partial charge >= 0.3 is 0 Å². The lowest BCUT2D eigenvalue weighted by molar-refractivity contribution is -0.145. The molecule has 32 heavy (non-hydrogen) atoms. The van der Waals surface area contributed by atoms with Crippen LogP contribution in [0.25, 0.3) is 0 Å². The Morgan fingerprint density at radius 3 is 2.19 bits per heavy atom. The Bertz CT molecular complexity index is 1120. The molecule has 2 fully saturated rings. The van der Waals surface area contributed by atoms with Crippen molar-refractivity contribution in [2.24, 2.45) is 5.41 Å². The first kappa shape index (κ1) is 20.4. The molecule has 3 aromatic carbocycles. The Hall–Kier alpha value is -3.47. The Labute approximate surface area is 186 Å². The minimum atomic E-state index is -0.575. The van der Waals surface area contributed by atoms with Crippen molar-refractivity contribution in [3.05, 3.63) is 95.8 Å². The van der Waals surface area contributed by atoms with Crippen LogP contribution in [-0.4, -0.2) is 11.7 Å². The van der Waals surface area contributed by atoms with E-state index in [9.17, 15) is 14.0 Å². The van der Waals surface area contributed by atoms with Crippen LogP contribution < -0.4 is 9.64 Å². The number of amides is 1. The van der Waals surface area contributed by atoms with Gasteiger partial charge in [0.2, 0.25) is 5.91 Å². The standard InChI is InChI=1S/C27H24FNO3/c28-21-8-10-22(11-9-21)29-25(27(26(29)31)16-14-23(30)15-17-27)20-6-12-24(13-7-20)32-18-19-4-2-1-3-5-19/h1-13,25H,14-18H2. The number of hydrogen-bond donors (Lipinski definition) is 0. The Morgan fingerprint density at radius 2 is 1.53 bits per heavy atom. The number of halogens is 1. The fourth-order valence-corrected chi connectivity index (χ4v) is 4.94. The molecule has 1 amide bonds. The summed E-state index contributed by atoms with van der Waals surface area (Å²) in [4.78, 5) is 27.0. The molecule has 1 spiro atoms. The average Bonchev–Trinajstić information content (AvgIpc) is 2.83. The van der Waals surface area contributed by atoms with E-state index in [1.165, 1.54) is 12.1 Å². The Morgan fingerprint density at radius 1 is 0.875 bits per heavy atom. The van der Waals surface area contributed by atoms with E-state index in [0.717, 1.165) is 16.9 Å². The molecule has 0 bridgehead atoms. The molecule has 1 atom stereocenters. The van der Waals surface area contributed by atoms with Gasteiger partial charge in [0.05, 0.1) is 11.5 Å². The largest absolute Gasteiger partial charge is 0.489 e. The number of benzene rings is 3. The van der Waals surface area contributed by atoms with Crippen molar-refractivity contribution in [2.45, 2.75) is 38.3 Å². The minimum Gasteiger partial charge on any atom is -0.489 e. The zero-order chi connectivity index (χ0) is 22.1. The van der Waals surface area contributed by atoms with Crippen LogP contribution in [0.3, 0.4) is 0 Å². The molecule has 0 radical (unpaired) electrons. The predicted molar refractivity (Wildman–Crippen MR) is 120 cm³/mol. The van der Waals surface area contributed by atoms with Crippen LogP contribution in [-0.2, 0) is 16.2 Å². The predicted octanol–water partition coefficient (Wildman–Crippen LogP) is 5.62. The average molecular weight is 429 g/mol. The molecule has 1 heterocycles. The molecular formula is C27H24FNO3. The van der Waals surface area contributed by atoms with E-state index < -0.39 is 5.41 Å². The summed E-state index contributed by atoms with van der Waals surface area (Å²) in [6.45, 7) is 0.482. The molecule has 0 N–H and O–H groups in total. The highest BCUT2D eigenvalue weighted by Gasteiger charge is 2.61. The van der Waals surface area contributed by atoms with Gasteiger partial charge < -0.3 is 9.64 Å². The lowest BCUT2D eigenvalue weighted by atomic mass is 9.60. The third kappa shape index (κ3) is 3.58. The van der Waals surface area contributed by atoms with Crippen LogP contribution in [0.4, 0.5) is 10.1 Å². The maximum Gasteiger partial charge on any atom is 0.236 e. The summed E-state index contributed by atoms with van der Waals surface area (Å²) in [6, 6.07) is 23.6. The highest BCUT2D eigenvalue weighted by Crippen LogP contribution is 2.58. The highest BCUT2D eigenvalue weighted by molar-refractivity contribution is 6.07. The maximum atomic E-state index is 13.5. The number of carbonyl (C=O) groups excluding carboxylic acids is 2. The van der Waals surface area contributed by atoms with E-state index in [2.05, 4.69) is 0 Å². The number of ether oxygens (including phenoxy) is 1. The van der Waals surface area contributed by atoms with E-state index in [0.29, 0.717) is 38.0 Å². The van der Waals surface area contributed by atoms with Crippen LogP contribution in [0, 0.1) is 11.2 Å². The summed E-state index contributed by atoms with van der Waals surface area (Å²) in [6.07, 6.45) is 1.97. The lowest BCUT2D eigenvalue weighted by Crippen LogP contribution is -2.64. The first-order valence-electron chi connectivity index (χ1n) is 10.9. The SMILES string of the molecule is O=C1CCC2(CC1)C(=O)N(c1ccc(F)cc1)C2c1ccc(OCc2ccccc2)cc1. The van der Waals surface area contributed by atoms with Gasteiger partial charge in [0.1, 0.15) is 24.0 Å². The smallest absolute Gasteiger partial charge is 0.236 e. The molecule has 1 aliphatic carbocycles. The molecule has 5 rings (SSSR count). The van der Waals surface area contributed by atoms with Gasteiger partial charge in [0.25, 0.3) is 0 Å². The minimum absolute atomic E-state index is 0.0195. The van der Waals surface area contributed by atoms with Crippen molar-refractivity contribution >= 4 is 17.4 Å². The molecule has 0 aromatic heterocycles. The Kier molecular flexibility index (Phi) is 5.25. The number of Topliss-reactive ketones (excluding diaryl/α,β-unsaturated/α-hetero) is 1. The van der Waals surface area contributed by atoms with Crippen LogP contribution in [0.1, 0.15) is 42.9 Å². The van der Waals surface area contributed by atoms with Gasteiger partial charge in [-0.25, -0.2) is 4.39 Å². The van der Waals surface area contributed by atoms with Gasteiger partial charge in [-0.1, -0.05) is 42.5 Å². The molecule has 1 aliphatic heterocycles. The third-order valence-electron chi connectivity index (χ3n) is 6.68. The summed E-state index contributed by atoms with van der Waals surface area (Å²) in [7, 11) is 0. The molecule has 3 aromatic rings. The molecule has 1 saturated heterocycles. The normalized spacial score (nSPS) is 19.7. The molecule has 2 aliphatic rings. The molecule has 5 heteroatoms. The fraction of sp³-hybridized carbons (Fsp3) is 0.259. The monoisotopic (exact) mass is 429 g/mol. The van der Waals surface area contributed by atoms with Crippen molar-refractivity contribution in [1.29, 1.82) is 0 Å². The molecule has 1 saturated carbocycles. The van der Waals surface area contributed by atoms with Gasteiger partial charge in [0.15, 0.2) is 0 Å². The third-order valence-corrected chi connectivity index (χ3v) is 6.68. The number of β-lactam (4-membered cyclic amide) rings is 1. The topological polar surface area (TPSA) is 46.6 Å². The number of carbonyl (C=O) groups is 2. The van der Waals surface area contributed by atoms with Crippen LogP contribution >= 0.6 is 0 Å². The number of ketones is 1. The number of nitrogens with zero attached hydrogens (tertiary/aromatic N) is 1. The maximum absolute atomic E-state index is 13.5. The van der Waals surface area contributed by atoms with Gasteiger partial charge in [-0.3, -0.25) is 9.59 Å². The first-order chi connectivity index (χ1) is 15.6. The second kappa shape index (κ2) is 8.23. The van der Waals surface area contributed by atoms with Gasteiger partial charge in [-0.2, -0.15) is 0 Å². The molecule has 1 unspecified atom stereocenters. The number of rotatable bonds is 5. The van der Waals surface area contributed by atoms with E-state index in [4.69, 9.17) is 4.74 Å². The molecular weight excluding hydrogens is 405 g/mol. The zero-order valence-corrected chi connectivity index (χ0v) is 17.7. The van der Waals surface area contributed by atoms with Gasteiger partial charge in [0, 0.05) is 18.5 Å². The van der Waals surface area contributed by atoms with Crippen LogP contribution in [0.15, 0.2) is 78.9 Å². The molecule has 162 valence electrons. The van der Waals surface area contributed by atoms with E-state index in [1.807, 2.05) is 54.6 Å². The quantitative estimate of drug-likeness (QED) is 0.495. The van der Waals surface area contributed by atoms with E-state index in [1.54, 1.807) is 17.0 Å². The van der Waals surface area contributed by atoms with Crippen molar-refractivity contribution in [3.8, 4) is 5.75 Å². The van der Waals surface area contributed by atoms with E-state index >= 15 is 0 Å². The van der Waals surface area contributed by atoms with Gasteiger partial charge in [-0.05, 0) is 60.4 Å².